The van der Waals surface area contributed by atoms with Gasteiger partial charge in [-0.15, -0.1) is 0 Å². The highest BCUT2D eigenvalue weighted by Gasteiger charge is 2.33. The van der Waals surface area contributed by atoms with Gasteiger partial charge >= 0.3 is 6.18 Å². The fourth-order valence-electron chi connectivity index (χ4n) is 2.65. The Morgan fingerprint density at radius 2 is 1.77 bits per heavy atom. The number of nitrogens with zero attached hydrogens (tertiary/aromatic N) is 4. The number of rotatable bonds is 2. The first kappa shape index (κ1) is 13.8. The minimum absolute atomic E-state index is 0.0757. The highest BCUT2D eigenvalue weighted by atomic mass is 19.4. The molecule has 2 aliphatic rings. The van der Waals surface area contributed by atoms with E-state index in [2.05, 4.69) is 9.97 Å². The van der Waals surface area contributed by atoms with Crippen LogP contribution in [0.4, 0.5) is 19.1 Å². The molecule has 0 radical (unpaired) electrons. The number of hydrogen-bond donors (Lipinski definition) is 0. The van der Waals surface area contributed by atoms with Crippen molar-refractivity contribution in [2.24, 2.45) is 5.92 Å². The summed E-state index contributed by atoms with van der Waals surface area (Å²) in [5.74, 6) is 0.272. The van der Waals surface area contributed by atoms with Crippen LogP contribution >= 0.6 is 0 Å². The summed E-state index contributed by atoms with van der Waals surface area (Å²) in [6.07, 6.45) is -1.78. The second-order valence-corrected chi connectivity index (χ2v) is 5.56. The molecule has 1 aromatic heterocycles. The number of amides is 1. The molecule has 0 aromatic carbocycles. The largest absolute Gasteiger partial charge is 0.419 e. The number of halogens is 3. The lowest BCUT2D eigenvalue weighted by molar-refractivity contribution is -0.140. The molecule has 120 valence electrons. The van der Waals surface area contributed by atoms with Crippen molar-refractivity contribution in [3.05, 3.63) is 18.0 Å². The highest BCUT2D eigenvalue weighted by Crippen LogP contribution is 2.29. The Kier molecular flexibility index (Phi) is 3.59. The van der Waals surface area contributed by atoms with Gasteiger partial charge in [-0.2, -0.15) is 13.2 Å². The Labute approximate surface area is 127 Å². The van der Waals surface area contributed by atoms with Crippen LogP contribution in [0.2, 0.25) is 0 Å². The van der Waals surface area contributed by atoms with Gasteiger partial charge in [0.1, 0.15) is 0 Å². The van der Waals surface area contributed by atoms with Gasteiger partial charge in [0.15, 0.2) is 0 Å². The van der Waals surface area contributed by atoms with Gasteiger partial charge < -0.3 is 9.80 Å². The first-order valence-electron chi connectivity index (χ1n) is 7.77. The number of hydrogen-bond acceptors (Lipinski definition) is 4. The summed E-state index contributed by atoms with van der Waals surface area (Å²) in [4.78, 5) is 23.3. The van der Waals surface area contributed by atoms with Crippen LogP contribution in [-0.4, -0.2) is 47.0 Å². The highest BCUT2D eigenvalue weighted by molar-refractivity contribution is 5.79. The fourth-order valence-corrected chi connectivity index (χ4v) is 2.65. The number of alkyl halides is 3. The van der Waals surface area contributed by atoms with E-state index in [-0.39, 0.29) is 24.2 Å². The number of anilines is 1. The van der Waals surface area contributed by atoms with Crippen molar-refractivity contribution in [1.29, 1.82) is 0 Å². The van der Waals surface area contributed by atoms with Crippen LogP contribution in [0.25, 0.3) is 0 Å². The van der Waals surface area contributed by atoms with E-state index in [9.17, 15) is 18.0 Å². The lowest BCUT2D eigenvalue weighted by Crippen LogP contribution is -2.48. The van der Waals surface area contributed by atoms with Crippen molar-refractivity contribution in [3.63, 3.8) is 0 Å². The first-order chi connectivity index (χ1) is 10.8. The van der Waals surface area contributed by atoms with Crippen LogP contribution in [0.1, 0.15) is 26.2 Å². The average molecular weight is 315 g/mol. The Balaban J connectivity index is 1.55. The maximum Gasteiger partial charge on any atom is 0.419 e. The molecule has 2 fully saturated rings. The van der Waals surface area contributed by atoms with Crippen LogP contribution in [0.15, 0.2) is 12.4 Å². The van der Waals surface area contributed by atoms with Crippen molar-refractivity contribution in [2.75, 3.05) is 31.1 Å². The molecule has 1 aromatic rings. The maximum atomic E-state index is 12.5. The zero-order valence-electron chi connectivity index (χ0n) is 12.9. The Hall–Kier alpha value is -1.86. The third-order valence-corrected chi connectivity index (χ3v) is 4.10. The molecule has 0 spiro atoms. The number of likely N-dealkylation sites (tertiary alicyclic amines) is 1. The van der Waals surface area contributed by atoms with Gasteiger partial charge in [0.2, 0.25) is 11.9 Å². The quantitative estimate of drug-likeness (QED) is 0.837. The van der Waals surface area contributed by atoms with Gasteiger partial charge in [0.05, 0.1) is 5.56 Å². The second kappa shape index (κ2) is 5.73. The van der Waals surface area contributed by atoms with E-state index < -0.39 is 11.7 Å². The van der Waals surface area contributed by atoms with E-state index in [1.165, 1.54) is 0 Å². The van der Waals surface area contributed by atoms with Crippen LogP contribution < -0.4 is 4.90 Å². The van der Waals surface area contributed by atoms with Crippen molar-refractivity contribution in [2.45, 2.75) is 25.4 Å². The predicted molar refractivity (Wildman–Crippen MR) is 73.2 cm³/mol. The first-order valence-corrected chi connectivity index (χ1v) is 7.20. The number of carbonyl (C=O) groups excluding carboxylic acids is 1. The Morgan fingerprint density at radius 1 is 1.18 bits per heavy atom. The topological polar surface area (TPSA) is 49.3 Å². The SMILES string of the molecule is [2H]C1CN(C(=O)C2CCN(c3ncc(C(F)(F)F)cn3)CC2)C1. The normalized spacial score (nSPS) is 21.5. The molecule has 0 bridgehead atoms. The van der Waals surface area contributed by atoms with Crippen molar-refractivity contribution < 1.29 is 19.3 Å². The van der Waals surface area contributed by atoms with Crippen LogP contribution in [0.5, 0.6) is 0 Å². The van der Waals surface area contributed by atoms with Crippen molar-refractivity contribution in [1.82, 2.24) is 14.9 Å². The van der Waals surface area contributed by atoms with Crippen LogP contribution in [-0.2, 0) is 11.0 Å². The number of piperidine rings is 1. The molecular weight excluding hydrogens is 297 g/mol. The standard InChI is InChI=1S/C14H17F3N4O/c15-14(16,17)11-8-18-13(19-9-11)21-6-2-10(3-7-21)12(22)20-4-1-5-20/h8-10H,1-7H2/i1D. The minimum atomic E-state index is -4.44. The summed E-state index contributed by atoms with van der Waals surface area (Å²) in [5, 5.41) is 0. The van der Waals surface area contributed by atoms with Gasteiger partial charge in [0.25, 0.3) is 0 Å². The third kappa shape index (κ3) is 3.00. The second-order valence-electron chi connectivity index (χ2n) is 5.56. The van der Waals surface area contributed by atoms with Gasteiger partial charge in [-0.3, -0.25) is 4.79 Å². The van der Waals surface area contributed by atoms with E-state index >= 15 is 0 Å². The molecule has 3 rings (SSSR count). The zero-order chi connectivity index (χ0) is 16.6. The molecule has 8 heteroatoms. The molecular formula is C14H17F3N4O. The molecule has 1 amide bonds. The number of carbonyl (C=O) groups is 1. The molecule has 5 nitrogen and oxygen atoms in total. The van der Waals surface area contributed by atoms with Gasteiger partial charge in [-0.25, -0.2) is 9.97 Å². The van der Waals surface area contributed by atoms with E-state index in [0.29, 0.717) is 39.0 Å². The molecule has 2 saturated heterocycles. The molecule has 2 aliphatic heterocycles. The van der Waals surface area contributed by atoms with Crippen molar-refractivity contribution >= 4 is 11.9 Å². The van der Waals surface area contributed by atoms with E-state index in [1.807, 2.05) is 0 Å². The summed E-state index contributed by atoms with van der Waals surface area (Å²) in [5.41, 5.74) is -0.867. The maximum absolute atomic E-state index is 12.5. The monoisotopic (exact) mass is 315 g/mol. The zero-order valence-corrected chi connectivity index (χ0v) is 11.9. The molecule has 0 atom stereocenters. The van der Waals surface area contributed by atoms with E-state index in [4.69, 9.17) is 1.37 Å². The third-order valence-electron chi connectivity index (χ3n) is 4.10. The summed E-state index contributed by atoms with van der Waals surface area (Å²) in [6, 6.07) is 0. The minimum Gasteiger partial charge on any atom is -0.342 e. The Bertz CT molecular complexity index is 566. The fraction of sp³-hybridized carbons (Fsp3) is 0.643. The molecule has 0 saturated carbocycles. The van der Waals surface area contributed by atoms with Gasteiger partial charge in [-0.05, 0) is 19.2 Å². The van der Waals surface area contributed by atoms with Gasteiger partial charge in [0, 0.05) is 45.9 Å². The predicted octanol–water partition coefficient (Wildman–Crippen LogP) is 1.94. The van der Waals surface area contributed by atoms with Crippen LogP contribution in [0.3, 0.4) is 0 Å². The number of aromatic nitrogens is 2. The average Bonchev–Trinajstić information content (AvgIpc) is 2.51. The lowest BCUT2D eigenvalue weighted by Gasteiger charge is -2.37. The summed E-state index contributed by atoms with van der Waals surface area (Å²) < 4.78 is 44.9. The summed E-state index contributed by atoms with van der Waals surface area (Å²) in [6.45, 7) is 2.09. The molecule has 0 aliphatic carbocycles. The Morgan fingerprint density at radius 3 is 2.27 bits per heavy atom. The molecule has 3 heterocycles. The molecule has 22 heavy (non-hydrogen) atoms. The molecule has 0 N–H and O–H groups in total. The lowest BCUT2D eigenvalue weighted by atomic mass is 9.94. The van der Waals surface area contributed by atoms with E-state index in [1.54, 1.807) is 9.80 Å². The molecule has 0 unspecified atom stereocenters. The summed E-state index contributed by atoms with van der Waals surface area (Å²) >= 11 is 0. The van der Waals surface area contributed by atoms with E-state index in [0.717, 1.165) is 12.4 Å². The smallest absolute Gasteiger partial charge is 0.342 e. The van der Waals surface area contributed by atoms with Gasteiger partial charge in [-0.1, -0.05) is 0 Å². The van der Waals surface area contributed by atoms with Crippen molar-refractivity contribution in [3.8, 4) is 0 Å². The summed E-state index contributed by atoms with van der Waals surface area (Å²) in [7, 11) is 0. The van der Waals surface area contributed by atoms with Crippen LogP contribution in [0, 0.1) is 5.92 Å².